The Bertz CT molecular complexity index is 460. The summed E-state index contributed by atoms with van der Waals surface area (Å²) < 4.78 is 16.7. The van der Waals surface area contributed by atoms with Gasteiger partial charge in [-0.05, 0) is 26.3 Å². The largest absolute Gasteiger partial charge is 0.465 e. The third kappa shape index (κ3) is 3.16. The van der Waals surface area contributed by atoms with Crippen molar-refractivity contribution in [2.45, 2.75) is 51.4 Å². The third-order valence-electron chi connectivity index (χ3n) is 5.31. The first kappa shape index (κ1) is 16.9. The maximum Gasteiger partial charge on any atom is 0.317 e. The van der Waals surface area contributed by atoms with Gasteiger partial charge in [0.25, 0.3) is 0 Å². The van der Waals surface area contributed by atoms with Gasteiger partial charge >= 0.3 is 5.97 Å². The molecule has 0 aromatic carbocycles. The van der Waals surface area contributed by atoms with Gasteiger partial charge in [0.15, 0.2) is 11.6 Å². The molecule has 2 heterocycles. The van der Waals surface area contributed by atoms with Gasteiger partial charge in [-0.15, -0.1) is 0 Å². The molecular weight excluding hydrogens is 298 g/mol. The fourth-order valence-corrected chi connectivity index (χ4v) is 4.32. The monoisotopic (exact) mass is 325 g/mol. The first-order valence-electron chi connectivity index (χ1n) is 8.82. The maximum absolute atomic E-state index is 12.9. The van der Waals surface area contributed by atoms with Crippen molar-refractivity contribution in [1.82, 2.24) is 4.90 Å². The van der Waals surface area contributed by atoms with Gasteiger partial charge in [0.1, 0.15) is 5.92 Å². The Morgan fingerprint density at radius 2 is 2.09 bits per heavy atom. The van der Waals surface area contributed by atoms with E-state index < -0.39 is 11.7 Å². The molecule has 3 unspecified atom stereocenters. The van der Waals surface area contributed by atoms with Gasteiger partial charge in [0.2, 0.25) is 0 Å². The van der Waals surface area contributed by atoms with Crippen molar-refractivity contribution in [1.29, 1.82) is 0 Å². The minimum absolute atomic E-state index is 0.0129. The van der Waals surface area contributed by atoms with Crippen molar-refractivity contribution >= 4 is 11.8 Å². The van der Waals surface area contributed by atoms with Gasteiger partial charge in [-0.3, -0.25) is 14.5 Å². The molecule has 2 aliphatic heterocycles. The predicted octanol–water partition coefficient (Wildman–Crippen LogP) is 1.37. The van der Waals surface area contributed by atoms with Crippen molar-refractivity contribution < 1.29 is 23.8 Å². The molecule has 0 aromatic heterocycles. The second-order valence-corrected chi connectivity index (χ2v) is 6.73. The zero-order valence-corrected chi connectivity index (χ0v) is 14.1. The Kier molecular flexibility index (Phi) is 5.04. The number of hydrogen-bond acceptors (Lipinski definition) is 6. The Morgan fingerprint density at radius 3 is 2.74 bits per heavy atom. The Hall–Kier alpha value is -0.980. The van der Waals surface area contributed by atoms with Crippen LogP contribution in [-0.2, 0) is 23.8 Å². The molecule has 0 aromatic rings. The van der Waals surface area contributed by atoms with Crippen LogP contribution in [0, 0.1) is 11.8 Å². The van der Waals surface area contributed by atoms with Crippen LogP contribution in [0.25, 0.3) is 0 Å². The number of piperidine rings is 1. The smallest absolute Gasteiger partial charge is 0.317 e. The molecule has 2 saturated heterocycles. The van der Waals surface area contributed by atoms with E-state index >= 15 is 0 Å². The summed E-state index contributed by atoms with van der Waals surface area (Å²) in [6.07, 6.45) is 3.27. The molecule has 1 spiro atoms. The van der Waals surface area contributed by atoms with E-state index in [4.69, 9.17) is 14.2 Å². The zero-order valence-electron chi connectivity index (χ0n) is 14.1. The molecule has 130 valence electrons. The zero-order chi connectivity index (χ0) is 16.4. The Balaban J connectivity index is 1.80. The highest BCUT2D eigenvalue weighted by atomic mass is 16.7. The summed E-state index contributed by atoms with van der Waals surface area (Å²) in [5.74, 6) is -1.84. The molecule has 3 rings (SSSR count). The normalized spacial score (nSPS) is 33.7. The van der Waals surface area contributed by atoms with Gasteiger partial charge < -0.3 is 14.2 Å². The number of Topliss-reactive ketones (excluding diaryl/α,β-unsaturated/α-hetero) is 1. The van der Waals surface area contributed by atoms with Crippen molar-refractivity contribution in [2.24, 2.45) is 11.8 Å². The van der Waals surface area contributed by atoms with E-state index in [2.05, 4.69) is 11.8 Å². The average Bonchev–Trinajstić information content (AvgIpc) is 2.98. The predicted molar refractivity (Wildman–Crippen MR) is 82.8 cm³/mol. The van der Waals surface area contributed by atoms with Gasteiger partial charge in [-0.2, -0.15) is 0 Å². The molecule has 0 bridgehead atoms. The quantitative estimate of drug-likeness (QED) is 0.575. The maximum atomic E-state index is 12.9. The summed E-state index contributed by atoms with van der Waals surface area (Å²) in [6.45, 7) is 6.77. The minimum atomic E-state index is -0.667. The fraction of sp³-hybridized carbons (Fsp3) is 0.882. The first-order valence-corrected chi connectivity index (χ1v) is 8.82. The van der Waals surface area contributed by atoms with Crippen molar-refractivity contribution in [2.75, 3.05) is 32.9 Å². The van der Waals surface area contributed by atoms with Crippen LogP contribution in [0.3, 0.4) is 0 Å². The van der Waals surface area contributed by atoms with Crippen LogP contribution in [0.5, 0.6) is 0 Å². The molecule has 6 nitrogen and oxygen atoms in total. The van der Waals surface area contributed by atoms with Crippen molar-refractivity contribution in [3.05, 3.63) is 0 Å². The Labute approximate surface area is 137 Å². The number of fused-ring (bicyclic) bond motifs is 1. The molecule has 1 saturated carbocycles. The Morgan fingerprint density at radius 1 is 1.35 bits per heavy atom. The number of nitrogens with zero attached hydrogens (tertiary/aromatic N) is 1. The van der Waals surface area contributed by atoms with E-state index in [0.29, 0.717) is 32.8 Å². The summed E-state index contributed by atoms with van der Waals surface area (Å²) in [4.78, 5) is 27.4. The van der Waals surface area contributed by atoms with Crippen LogP contribution >= 0.6 is 0 Å². The molecule has 3 fully saturated rings. The number of carbonyl (C=O) groups excluding carboxylic acids is 2. The van der Waals surface area contributed by atoms with Crippen molar-refractivity contribution in [3.8, 4) is 0 Å². The number of carbonyl (C=O) groups is 2. The second kappa shape index (κ2) is 6.87. The average molecular weight is 325 g/mol. The highest BCUT2D eigenvalue weighted by Crippen LogP contribution is 2.44. The van der Waals surface area contributed by atoms with Gasteiger partial charge in [0.05, 0.1) is 19.8 Å². The van der Waals surface area contributed by atoms with Crippen LogP contribution in [0.2, 0.25) is 0 Å². The second-order valence-electron chi connectivity index (χ2n) is 6.73. The molecule has 23 heavy (non-hydrogen) atoms. The third-order valence-corrected chi connectivity index (χ3v) is 5.31. The molecule has 6 heteroatoms. The SMILES string of the molecule is CCCN1CC(C(=O)OCC)C(=O)C2CC3(CCC21)OCCO3. The first-order chi connectivity index (χ1) is 11.1. The number of esters is 1. The number of ketones is 1. The fourth-order valence-electron chi connectivity index (χ4n) is 4.32. The lowest BCUT2D eigenvalue weighted by Gasteiger charge is -2.49. The van der Waals surface area contributed by atoms with Gasteiger partial charge in [0, 0.05) is 31.3 Å². The summed E-state index contributed by atoms with van der Waals surface area (Å²) in [5.41, 5.74) is 0. The van der Waals surface area contributed by atoms with Gasteiger partial charge in [-0.1, -0.05) is 6.92 Å². The van der Waals surface area contributed by atoms with Crippen LogP contribution in [-0.4, -0.2) is 61.4 Å². The van der Waals surface area contributed by atoms with Crippen LogP contribution in [0.15, 0.2) is 0 Å². The van der Waals surface area contributed by atoms with Gasteiger partial charge in [-0.25, -0.2) is 0 Å². The van der Waals surface area contributed by atoms with E-state index in [1.165, 1.54) is 0 Å². The molecule has 0 radical (unpaired) electrons. The highest BCUT2D eigenvalue weighted by Gasteiger charge is 2.53. The van der Waals surface area contributed by atoms with Crippen molar-refractivity contribution in [3.63, 3.8) is 0 Å². The van der Waals surface area contributed by atoms with E-state index in [1.807, 2.05) is 0 Å². The summed E-state index contributed by atoms with van der Waals surface area (Å²) in [7, 11) is 0. The van der Waals surface area contributed by atoms with Crippen LogP contribution in [0.1, 0.15) is 39.5 Å². The van der Waals surface area contributed by atoms with E-state index in [1.54, 1.807) is 6.92 Å². The number of ether oxygens (including phenoxy) is 3. The number of rotatable bonds is 4. The molecule has 0 N–H and O–H groups in total. The molecule has 0 amide bonds. The molecular formula is C17H27NO5. The highest BCUT2D eigenvalue weighted by molar-refractivity contribution is 6.01. The minimum Gasteiger partial charge on any atom is -0.465 e. The molecule has 1 aliphatic carbocycles. The van der Waals surface area contributed by atoms with E-state index in [9.17, 15) is 9.59 Å². The molecule has 3 atom stereocenters. The molecule has 3 aliphatic rings. The van der Waals surface area contributed by atoms with E-state index in [0.717, 1.165) is 25.8 Å². The standard InChI is InChI=1S/C17H27NO5/c1-3-7-18-11-13(16(20)21-4-2)15(19)12-10-17(6-5-14(12)18)22-8-9-23-17/h12-14H,3-11H2,1-2H3. The number of hydrogen-bond donors (Lipinski definition) is 0. The topological polar surface area (TPSA) is 65.1 Å². The summed E-state index contributed by atoms with van der Waals surface area (Å²) >= 11 is 0. The lowest BCUT2D eigenvalue weighted by molar-refractivity contribution is -0.204. The summed E-state index contributed by atoms with van der Waals surface area (Å²) in [5, 5.41) is 0. The lowest BCUT2D eigenvalue weighted by atomic mass is 9.71. The lowest BCUT2D eigenvalue weighted by Crippen LogP contribution is -2.60. The van der Waals surface area contributed by atoms with E-state index in [-0.39, 0.29) is 23.7 Å². The number of likely N-dealkylation sites (tertiary alicyclic amines) is 1. The van der Waals surface area contributed by atoms with Crippen LogP contribution in [0.4, 0.5) is 0 Å². The van der Waals surface area contributed by atoms with Crippen LogP contribution < -0.4 is 0 Å². The summed E-state index contributed by atoms with van der Waals surface area (Å²) in [6, 6.07) is 0.201.